The molecule has 7 nitrogen and oxygen atoms in total. The molecular weight excluding hydrogens is 280 g/mol. The smallest absolute Gasteiger partial charge is 0.258 e. The summed E-state index contributed by atoms with van der Waals surface area (Å²) in [4.78, 5) is 4.07. The molecular formula is C12H18N4O3S. The SMILES string of the molecule is CCc1noc2ncc(S(=O)(=O)NC(C)(C)CN)cc12. The maximum absolute atomic E-state index is 12.3. The predicted octanol–water partition coefficient (Wildman–Crippen LogP) is 0.801. The fourth-order valence-electron chi connectivity index (χ4n) is 1.73. The van der Waals surface area contributed by atoms with Gasteiger partial charge in [-0.3, -0.25) is 0 Å². The lowest BCUT2D eigenvalue weighted by Crippen LogP contribution is -2.48. The van der Waals surface area contributed by atoms with Crippen LogP contribution in [0.2, 0.25) is 0 Å². The van der Waals surface area contributed by atoms with Crippen molar-refractivity contribution >= 4 is 21.1 Å². The normalized spacial score (nSPS) is 13.0. The minimum absolute atomic E-state index is 0.0735. The third-order valence-electron chi connectivity index (χ3n) is 2.95. The van der Waals surface area contributed by atoms with Gasteiger partial charge in [-0.1, -0.05) is 12.1 Å². The van der Waals surface area contributed by atoms with E-state index in [9.17, 15) is 8.42 Å². The third kappa shape index (κ3) is 2.82. The number of nitrogens with zero attached hydrogens (tertiary/aromatic N) is 2. The van der Waals surface area contributed by atoms with Crippen molar-refractivity contribution in [3.8, 4) is 0 Å². The number of hydrogen-bond acceptors (Lipinski definition) is 6. The second-order valence-electron chi connectivity index (χ2n) is 5.20. The van der Waals surface area contributed by atoms with Crippen LogP contribution in [-0.4, -0.2) is 30.6 Å². The van der Waals surface area contributed by atoms with E-state index in [2.05, 4.69) is 14.9 Å². The van der Waals surface area contributed by atoms with E-state index in [1.54, 1.807) is 13.8 Å². The summed E-state index contributed by atoms with van der Waals surface area (Å²) < 4.78 is 32.2. The first-order valence-corrected chi connectivity index (χ1v) is 7.76. The first-order chi connectivity index (χ1) is 9.29. The van der Waals surface area contributed by atoms with Crippen molar-refractivity contribution in [2.75, 3.05) is 6.54 Å². The molecule has 0 bridgehead atoms. The highest BCUT2D eigenvalue weighted by molar-refractivity contribution is 7.89. The van der Waals surface area contributed by atoms with Gasteiger partial charge < -0.3 is 10.3 Å². The van der Waals surface area contributed by atoms with Crippen LogP contribution in [0, 0.1) is 0 Å². The first-order valence-electron chi connectivity index (χ1n) is 6.27. The molecule has 0 saturated heterocycles. The molecule has 2 aromatic rings. The highest BCUT2D eigenvalue weighted by atomic mass is 32.2. The van der Waals surface area contributed by atoms with E-state index in [-0.39, 0.29) is 11.4 Å². The molecule has 0 aliphatic carbocycles. The molecule has 0 aliphatic heterocycles. The van der Waals surface area contributed by atoms with Crippen molar-refractivity contribution in [2.45, 2.75) is 37.6 Å². The second-order valence-corrected chi connectivity index (χ2v) is 6.88. The van der Waals surface area contributed by atoms with Crippen LogP contribution >= 0.6 is 0 Å². The van der Waals surface area contributed by atoms with Gasteiger partial charge >= 0.3 is 0 Å². The molecule has 0 aliphatic rings. The van der Waals surface area contributed by atoms with Gasteiger partial charge in [0.15, 0.2) is 0 Å². The van der Waals surface area contributed by atoms with Crippen LogP contribution in [0.3, 0.4) is 0 Å². The molecule has 8 heteroatoms. The maximum Gasteiger partial charge on any atom is 0.258 e. The summed E-state index contributed by atoms with van der Waals surface area (Å²) in [5.41, 5.74) is 5.83. The zero-order valence-electron chi connectivity index (χ0n) is 11.7. The van der Waals surface area contributed by atoms with E-state index in [4.69, 9.17) is 10.3 Å². The number of hydrogen-bond donors (Lipinski definition) is 2. The monoisotopic (exact) mass is 298 g/mol. The number of nitrogens with one attached hydrogen (secondary N) is 1. The fourth-order valence-corrected chi connectivity index (χ4v) is 3.12. The summed E-state index contributed by atoms with van der Waals surface area (Å²) in [5.74, 6) is 0. The molecule has 3 N–H and O–H groups in total. The summed E-state index contributed by atoms with van der Waals surface area (Å²) >= 11 is 0. The van der Waals surface area contributed by atoms with Crippen LogP contribution in [0.4, 0.5) is 0 Å². The van der Waals surface area contributed by atoms with Gasteiger partial charge in [0.1, 0.15) is 4.90 Å². The molecule has 0 aromatic carbocycles. The van der Waals surface area contributed by atoms with Crippen LogP contribution in [0.25, 0.3) is 11.1 Å². The van der Waals surface area contributed by atoms with Gasteiger partial charge in [0, 0.05) is 12.1 Å². The van der Waals surface area contributed by atoms with Crippen molar-refractivity contribution in [1.82, 2.24) is 14.9 Å². The van der Waals surface area contributed by atoms with Crippen molar-refractivity contribution < 1.29 is 12.9 Å². The summed E-state index contributed by atoms with van der Waals surface area (Å²) in [7, 11) is -3.69. The molecule has 2 rings (SSSR count). The average Bonchev–Trinajstić information content (AvgIpc) is 2.79. The van der Waals surface area contributed by atoms with Crippen molar-refractivity contribution in [1.29, 1.82) is 0 Å². The zero-order valence-corrected chi connectivity index (χ0v) is 12.5. The Morgan fingerprint density at radius 2 is 2.15 bits per heavy atom. The Kier molecular flexibility index (Phi) is 3.81. The van der Waals surface area contributed by atoms with Gasteiger partial charge in [-0.25, -0.2) is 18.1 Å². The number of fused-ring (bicyclic) bond motifs is 1. The second kappa shape index (κ2) is 5.12. The van der Waals surface area contributed by atoms with Gasteiger partial charge in [-0.2, -0.15) is 0 Å². The van der Waals surface area contributed by atoms with Crippen molar-refractivity contribution in [2.24, 2.45) is 5.73 Å². The molecule has 0 spiro atoms. The quantitative estimate of drug-likeness (QED) is 0.844. The maximum atomic E-state index is 12.3. The van der Waals surface area contributed by atoms with Crippen LogP contribution in [0.1, 0.15) is 26.5 Å². The van der Waals surface area contributed by atoms with Crippen LogP contribution in [-0.2, 0) is 16.4 Å². The number of aryl methyl sites for hydroxylation is 1. The average molecular weight is 298 g/mol. The topological polar surface area (TPSA) is 111 Å². The van der Waals surface area contributed by atoms with Crippen LogP contribution in [0.5, 0.6) is 0 Å². The van der Waals surface area contributed by atoms with Gasteiger partial charge in [0.2, 0.25) is 10.0 Å². The third-order valence-corrected chi connectivity index (χ3v) is 4.61. The number of pyridine rings is 1. The summed E-state index contributed by atoms with van der Waals surface area (Å²) in [6.45, 7) is 5.53. The molecule has 2 aromatic heterocycles. The van der Waals surface area contributed by atoms with E-state index < -0.39 is 15.6 Å². The fraction of sp³-hybridized carbons (Fsp3) is 0.500. The van der Waals surface area contributed by atoms with Gasteiger partial charge in [0.05, 0.1) is 17.3 Å². The Balaban J connectivity index is 2.46. The molecule has 0 radical (unpaired) electrons. The van der Waals surface area contributed by atoms with Crippen LogP contribution in [0.15, 0.2) is 21.7 Å². The van der Waals surface area contributed by atoms with E-state index in [0.717, 1.165) is 0 Å². The minimum Gasteiger partial charge on any atom is -0.336 e. The molecule has 0 saturated carbocycles. The summed E-state index contributed by atoms with van der Waals surface area (Å²) in [5, 5.41) is 4.47. The van der Waals surface area contributed by atoms with E-state index in [0.29, 0.717) is 23.2 Å². The number of sulfonamides is 1. The van der Waals surface area contributed by atoms with Crippen LogP contribution < -0.4 is 10.5 Å². The highest BCUT2D eigenvalue weighted by Crippen LogP contribution is 2.21. The lowest BCUT2D eigenvalue weighted by atomic mass is 10.1. The standard InChI is InChI=1S/C12H18N4O3S/c1-4-10-9-5-8(6-14-11(9)19-15-10)20(17,18)16-12(2,3)7-13/h5-6,16H,4,7,13H2,1-3H3. The van der Waals surface area contributed by atoms with Gasteiger partial charge in [0.25, 0.3) is 5.71 Å². The number of aromatic nitrogens is 2. The molecule has 2 heterocycles. The summed E-state index contributed by atoms with van der Waals surface area (Å²) in [6, 6.07) is 1.52. The largest absolute Gasteiger partial charge is 0.336 e. The lowest BCUT2D eigenvalue weighted by molar-refractivity contribution is 0.439. The Morgan fingerprint density at radius 3 is 2.75 bits per heavy atom. The zero-order chi connectivity index (χ0) is 15.0. The van der Waals surface area contributed by atoms with Gasteiger partial charge in [-0.05, 0) is 26.3 Å². The molecule has 110 valence electrons. The Hall–Kier alpha value is -1.51. The highest BCUT2D eigenvalue weighted by Gasteiger charge is 2.26. The predicted molar refractivity (Wildman–Crippen MR) is 74.6 cm³/mol. The van der Waals surface area contributed by atoms with Crippen molar-refractivity contribution in [3.63, 3.8) is 0 Å². The number of rotatable bonds is 5. The van der Waals surface area contributed by atoms with E-state index in [1.165, 1.54) is 12.3 Å². The first kappa shape index (κ1) is 14.9. The van der Waals surface area contributed by atoms with Crippen molar-refractivity contribution in [3.05, 3.63) is 18.0 Å². The number of nitrogens with two attached hydrogens (primary N) is 1. The molecule has 0 fully saturated rings. The molecule has 0 unspecified atom stereocenters. The van der Waals surface area contributed by atoms with Gasteiger partial charge in [-0.15, -0.1) is 0 Å². The molecule has 20 heavy (non-hydrogen) atoms. The summed E-state index contributed by atoms with van der Waals surface area (Å²) in [6.07, 6.45) is 1.89. The Labute approximate surface area is 117 Å². The van der Waals surface area contributed by atoms with E-state index in [1.807, 2.05) is 6.92 Å². The lowest BCUT2D eigenvalue weighted by Gasteiger charge is -2.23. The Bertz CT molecular complexity index is 721. The minimum atomic E-state index is -3.69. The molecule has 0 atom stereocenters. The van der Waals surface area contributed by atoms with E-state index >= 15 is 0 Å². The Morgan fingerprint density at radius 1 is 1.45 bits per heavy atom. The molecule has 0 amide bonds.